The van der Waals surface area contributed by atoms with Crippen LogP contribution in [0.4, 0.5) is 0 Å². The average molecular weight is 159 g/mol. The van der Waals surface area contributed by atoms with Crippen LogP contribution < -0.4 is 5.73 Å². The van der Waals surface area contributed by atoms with Gasteiger partial charge in [-0.3, -0.25) is 0 Å². The van der Waals surface area contributed by atoms with Crippen LogP contribution in [0.3, 0.4) is 0 Å². The van der Waals surface area contributed by atoms with E-state index in [-0.39, 0.29) is 18.6 Å². The molecule has 2 unspecified atom stereocenters. The van der Waals surface area contributed by atoms with E-state index in [1.54, 1.807) is 0 Å². The third kappa shape index (κ3) is 3.73. The van der Waals surface area contributed by atoms with E-state index in [1.165, 1.54) is 0 Å². The van der Waals surface area contributed by atoms with Crippen molar-refractivity contribution in [1.29, 1.82) is 0 Å². The van der Waals surface area contributed by atoms with Crippen LogP contribution in [0.25, 0.3) is 0 Å². The van der Waals surface area contributed by atoms with Crippen molar-refractivity contribution in [3.8, 4) is 0 Å². The number of aliphatic hydroxyl groups is 1. The van der Waals surface area contributed by atoms with Gasteiger partial charge in [-0.2, -0.15) is 0 Å². The molecule has 11 heavy (non-hydrogen) atoms. The third-order valence-electron chi connectivity index (χ3n) is 2.24. The van der Waals surface area contributed by atoms with E-state index in [2.05, 4.69) is 20.8 Å². The van der Waals surface area contributed by atoms with Crippen LogP contribution in [0.2, 0.25) is 0 Å². The van der Waals surface area contributed by atoms with Crippen LogP contribution in [0.15, 0.2) is 0 Å². The minimum atomic E-state index is 0.171. The van der Waals surface area contributed by atoms with Gasteiger partial charge in [0.1, 0.15) is 0 Å². The highest BCUT2D eigenvalue weighted by Gasteiger charge is 2.19. The van der Waals surface area contributed by atoms with E-state index >= 15 is 0 Å². The van der Waals surface area contributed by atoms with Crippen molar-refractivity contribution in [1.82, 2.24) is 0 Å². The Bertz CT molecular complexity index is 93.6. The van der Waals surface area contributed by atoms with E-state index < -0.39 is 0 Å². The fourth-order valence-electron chi connectivity index (χ4n) is 1.39. The van der Waals surface area contributed by atoms with Crippen LogP contribution in [0, 0.1) is 11.8 Å². The SMILES string of the molecule is CCCC(N)C(CO)C(C)C. The lowest BCUT2D eigenvalue weighted by atomic mass is 9.87. The summed E-state index contributed by atoms with van der Waals surface area (Å²) in [5, 5.41) is 9.01. The number of rotatable bonds is 5. The standard InChI is InChI=1S/C9H21NO/c1-4-5-9(10)8(6-11)7(2)3/h7-9,11H,4-6,10H2,1-3H3. The van der Waals surface area contributed by atoms with Gasteiger partial charge in [0.15, 0.2) is 0 Å². The maximum Gasteiger partial charge on any atom is 0.0476 e. The zero-order valence-corrected chi connectivity index (χ0v) is 7.88. The Labute approximate surface area is 69.8 Å². The lowest BCUT2D eigenvalue weighted by Crippen LogP contribution is -2.35. The molecule has 2 heteroatoms. The first-order chi connectivity index (χ1) is 5.13. The molecule has 0 saturated heterocycles. The Morgan fingerprint density at radius 3 is 2.18 bits per heavy atom. The summed E-state index contributed by atoms with van der Waals surface area (Å²) in [5.74, 6) is 0.761. The molecule has 2 atom stereocenters. The van der Waals surface area contributed by atoms with Crippen LogP contribution in [-0.2, 0) is 0 Å². The first kappa shape index (κ1) is 10.9. The van der Waals surface area contributed by atoms with Gasteiger partial charge in [0.05, 0.1) is 0 Å². The number of hydrogen-bond acceptors (Lipinski definition) is 2. The van der Waals surface area contributed by atoms with Crippen LogP contribution in [0.1, 0.15) is 33.6 Å². The second-order valence-corrected chi connectivity index (χ2v) is 3.54. The summed E-state index contributed by atoms with van der Waals surface area (Å²) in [6, 6.07) is 0.171. The Balaban J connectivity index is 3.81. The molecule has 0 radical (unpaired) electrons. The summed E-state index contributed by atoms with van der Waals surface area (Å²) < 4.78 is 0. The quantitative estimate of drug-likeness (QED) is 0.636. The molecule has 2 nitrogen and oxygen atoms in total. The van der Waals surface area contributed by atoms with Gasteiger partial charge in [0, 0.05) is 12.6 Å². The maximum atomic E-state index is 9.01. The average Bonchev–Trinajstić information content (AvgIpc) is 1.88. The predicted molar refractivity (Wildman–Crippen MR) is 48.3 cm³/mol. The second kappa shape index (κ2) is 5.56. The lowest BCUT2D eigenvalue weighted by Gasteiger charge is -2.24. The first-order valence-corrected chi connectivity index (χ1v) is 4.49. The second-order valence-electron chi connectivity index (χ2n) is 3.54. The highest BCUT2D eigenvalue weighted by molar-refractivity contribution is 4.74. The summed E-state index contributed by atoms with van der Waals surface area (Å²) in [4.78, 5) is 0. The van der Waals surface area contributed by atoms with Gasteiger partial charge in [-0.05, 0) is 18.3 Å². The minimum Gasteiger partial charge on any atom is -0.396 e. The molecule has 0 heterocycles. The van der Waals surface area contributed by atoms with Crippen molar-refractivity contribution in [2.45, 2.75) is 39.7 Å². The number of aliphatic hydroxyl groups excluding tert-OH is 1. The predicted octanol–water partition coefficient (Wildman–Crippen LogP) is 1.38. The summed E-state index contributed by atoms with van der Waals surface area (Å²) in [6.45, 7) is 6.56. The lowest BCUT2D eigenvalue weighted by molar-refractivity contribution is 0.161. The van der Waals surface area contributed by atoms with Gasteiger partial charge < -0.3 is 10.8 Å². The van der Waals surface area contributed by atoms with E-state index in [0.29, 0.717) is 5.92 Å². The molecule has 68 valence electrons. The minimum absolute atomic E-state index is 0.171. The largest absolute Gasteiger partial charge is 0.396 e. The Hall–Kier alpha value is -0.0800. The molecule has 0 aliphatic rings. The maximum absolute atomic E-state index is 9.01. The fraction of sp³-hybridized carbons (Fsp3) is 1.00. The van der Waals surface area contributed by atoms with Gasteiger partial charge in [0.25, 0.3) is 0 Å². The molecule has 0 bridgehead atoms. The van der Waals surface area contributed by atoms with Crippen molar-refractivity contribution in [3.05, 3.63) is 0 Å². The van der Waals surface area contributed by atoms with E-state index in [0.717, 1.165) is 12.8 Å². The number of hydrogen-bond donors (Lipinski definition) is 2. The van der Waals surface area contributed by atoms with E-state index in [1.807, 2.05) is 0 Å². The van der Waals surface area contributed by atoms with Gasteiger partial charge in [-0.15, -0.1) is 0 Å². The molecular formula is C9H21NO. The molecular weight excluding hydrogens is 138 g/mol. The molecule has 0 amide bonds. The highest BCUT2D eigenvalue weighted by atomic mass is 16.3. The van der Waals surface area contributed by atoms with Crippen molar-refractivity contribution < 1.29 is 5.11 Å². The smallest absolute Gasteiger partial charge is 0.0476 e. The van der Waals surface area contributed by atoms with Gasteiger partial charge >= 0.3 is 0 Å². The molecule has 0 rings (SSSR count). The van der Waals surface area contributed by atoms with Gasteiger partial charge in [0.2, 0.25) is 0 Å². The van der Waals surface area contributed by atoms with Crippen molar-refractivity contribution in [2.75, 3.05) is 6.61 Å². The first-order valence-electron chi connectivity index (χ1n) is 4.49. The molecule has 0 aliphatic carbocycles. The Morgan fingerprint density at radius 2 is 1.91 bits per heavy atom. The summed E-state index contributed by atoms with van der Waals surface area (Å²) in [5.41, 5.74) is 5.88. The van der Waals surface area contributed by atoms with Crippen LogP contribution in [-0.4, -0.2) is 17.8 Å². The number of nitrogens with two attached hydrogens (primary N) is 1. The van der Waals surface area contributed by atoms with Crippen LogP contribution >= 0.6 is 0 Å². The van der Waals surface area contributed by atoms with Crippen molar-refractivity contribution >= 4 is 0 Å². The molecule has 0 aromatic rings. The molecule has 0 fully saturated rings. The molecule has 0 aliphatic heterocycles. The summed E-state index contributed by atoms with van der Waals surface area (Å²) in [6.07, 6.45) is 2.12. The third-order valence-corrected chi connectivity index (χ3v) is 2.24. The summed E-state index contributed by atoms with van der Waals surface area (Å²) in [7, 11) is 0. The topological polar surface area (TPSA) is 46.2 Å². The highest BCUT2D eigenvalue weighted by Crippen LogP contribution is 2.16. The molecule has 0 spiro atoms. The summed E-state index contributed by atoms with van der Waals surface area (Å²) >= 11 is 0. The zero-order valence-electron chi connectivity index (χ0n) is 7.88. The van der Waals surface area contributed by atoms with Crippen LogP contribution in [0.5, 0.6) is 0 Å². The normalized spacial score (nSPS) is 16.9. The van der Waals surface area contributed by atoms with Gasteiger partial charge in [-0.1, -0.05) is 27.2 Å². The Morgan fingerprint density at radius 1 is 1.36 bits per heavy atom. The van der Waals surface area contributed by atoms with Crippen molar-refractivity contribution in [2.24, 2.45) is 17.6 Å². The molecule has 0 aromatic heterocycles. The Kier molecular flexibility index (Phi) is 5.51. The fourth-order valence-corrected chi connectivity index (χ4v) is 1.39. The van der Waals surface area contributed by atoms with E-state index in [4.69, 9.17) is 10.8 Å². The molecule has 0 saturated carbocycles. The monoisotopic (exact) mass is 159 g/mol. The zero-order chi connectivity index (χ0) is 8.85. The van der Waals surface area contributed by atoms with Crippen molar-refractivity contribution in [3.63, 3.8) is 0 Å². The molecule has 3 N–H and O–H groups in total. The molecule has 0 aromatic carbocycles. The van der Waals surface area contributed by atoms with Gasteiger partial charge in [-0.25, -0.2) is 0 Å². The van der Waals surface area contributed by atoms with E-state index in [9.17, 15) is 0 Å².